The molecule has 0 radical (unpaired) electrons. The highest BCUT2D eigenvalue weighted by atomic mass is 16.6. The van der Waals surface area contributed by atoms with Crippen LogP contribution in [-0.2, 0) is 23.8 Å². The zero-order valence-corrected chi connectivity index (χ0v) is 21.4. The van der Waals surface area contributed by atoms with Gasteiger partial charge in [-0.25, -0.2) is 4.79 Å². The highest BCUT2D eigenvalue weighted by Crippen LogP contribution is 2.31. The molecule has 1 heterocycles. The van der Waals surface area contributed by atoms with Crippen molar-refractivity contribution < 1.29 is 28.9 Å². The van der Waals surface area contributed by atoms with E-state index in [1.807, 2.05) is 0 Å². The van der Waals surface area contributed by atoms with Crippen LogP contribution in [0, 0.1) is 0 Å². The smallest absolute Gasteiger partial charge is 0.335 e. The number of ether oxygens (including phenoxy) is 3. The first kappa shape index (κ1) is 29.9. The average molecular weight is 471 g/mol. The summed E-state index contributed by atoms with van der Waals surface area (Å²) in [6, 6.07) is 0. The second-order valence-electron chi connectivity index (χ2n) is 9.66. The molecule has 0 aromatic rings. The monoisotopic (exact) mass is 470 g/mol. The lowest BCUT2D eigenvalue weighted by molar-refractivity contribution is -0.173. The molecule has 6 heteroatoms. The predicted octanol–water partition coefficient (Wildman–Crippen LogP) is 6.26. The Hall–Kier alpha value is -1.14. The molecule has 1 saturated heterocycles. The zero-order valence-electron chi connectivity index (χ0n) is 21.4. The molecule has 1 aliphatic rings. The fraction of sp³-hybridized carbons (Fsp3) is 0.926. The van der Waals surface area contributed by atoms with Crippen LogP contribution < -0.4 is 0 Å². The number of aliphatic hydroxyl groups excluding tert-OH is 1. The Labute approximate surface area is 202 Å². The lowest BCUT2D eigenvalue weighted by atomic mass is 10.0. The summed E-state index contributed by atoms with van der Waals surface area (Å²) < 4.78 is 16.5. The summed E-state index contributed by atoms with van der Waals surface area (Å²) >= 11 is 0. The number of hydrogen-bond donors (Lipinski definition) is 1. The molecule has 1 N–H and O–H groups in total. The van der Waals surface area contributed by atoms with Gasteiger partial charge in [-0.05, 0) is 25.7 Å². The molecule has 0 spiro atoms. The number of aliphatic hydroxyl groups is 1. The van der Waals surface area contributed by atoms with Gasteiger partial charge in [-0.1, -0.05) is 97.3 Å². The molecule has 2 atom stereocenters. The van der Waals surface area contributed by atoms with Gasteiger partial charge in [-0.3, -0.25) is 4.79 Å². The SMILES string of the molecule is CCCCCCCCCCCCCCOC(=O)[C@@H]1CC[C@@](CO)(COC(=O)CCCCC)O1. The van der Waals surface area contributed by atoms with Crippen molar-refractivity contribution in [2.24, 2.45) is 0 Å². The van der Waals surface area contributed by atoms with E-state index in [0.717, 1.165) is 32.1 Å². The molecule has 33 heavy (non-hydrogen) atoms. The minimum absolute atomic E-state index is 0.0169. The summed E-state index contributed by atoms with van der Waals surface area (Å²) in [5.41, 5.74) is -0.986. The van der Waals surface area contributed by atoms with E-state index < -0.39 is 11.7 Å². The normalized spacial score (nSPS) is 20.2. The van der Waals surface area contributed by atoms with Gasteiger partial charge < -0.3 is 19.3 Å². The third-order valence-corrected chi connectivity index (χ3v) is 6.53. The fourth-order valence-electron chi connectivity index (χ4n) is 4.26. The Morgan fingerprint density at radius 1 is 0.818 bits per heavy atom. The van der Waals surface area contributed by atoms with Crippen LogP contribution in [0.3, 0.4) is 0 Å². The molecular weight excluding hydrogens is 420 g/mol. The van der Waals surface area contributed by atoms with E-state index in [1.54, 1.807) is 0 Å². The highest BCUT2D eigenvalue weighted by molar-refractivity contribution is 5.75. The molecule has 0 aromatic carbocycles. The molecule has 0 amide bonds. The van der Waals surface area contributed by atoms with Gasteiger partial charge in [0, 0.05) is 6.42 Å². The fourth-order valence-corrected chi connectivity index (χ4v) is 4.26. The second-order valence-corrected chi connectivity index (χ2v) is 9.66. The molecular formula is C27H50O6. The quantitative estimate of drug-likeness (QED) is 0.157. The van der Waals surface area contributed by atoms with Crippen molar-refractivity contribution in [3.63, 3.8) is 0 Å². The Morgan fingerprint density at radius 3 is 1.94 bits per heavy atom. The van der Waals surface area contributed by atoms with Crippen LogP contribution in [0.4, 0.5) is 0 Å². The Bertz CT molecular complexity index is 509. The van der Waals surface area contributed by atoms with E-state index in [-0.39, 0.29) is 25.2 Å². The predicted molar refractivity (Wildman–Crippen MR) is 131 cm³/mol. The van der Waals surface area contributed by atoms with Crippen molar-refractivity contribution >= 4 is 11.9 Å². The lowest BCUT2D eigenvalue weighted by Gasteiger charge is -2.26. The maximum Gasteiger partial charge on any atom is 0.335 e. The van der Waals surface area contributed by atoms with Crippen LogP contribution in [0.1, 0.15) is 129 Å². The first-order chi connectivity index (χ1) is 16.1. The van der Waals surface area contributed by atoms with Gasteiger partial charge in [0.25, 0.3) is 0 Å². The molecule has 0 unspecified atom stereocenters. The highest BCUT2D eigenvalue weighted by Gasteiger charge is 2.44. The van der Waals surface area contributed by atoms with E-state index in [4.69, 9.17) is 14.2 Å². The molecule has 194 valence electrons. The van der Waals surface area contributed by atoms with Gasteiger partial charge in [0.1, 0.15) is 12.2 Å². The minimum atomic E-state index is -0.986. The first-order valence-electron chi connectivity index (χ1n) is 13.7. The van der Waals surface area contributed by atoms with Gasteiger partial charge in [0.15, 0.2) is 6.10 Å². The van der Waals surface area contributed by atoms with Gasteiger partial charge in [0.05, 0.1) is 13.2 Å². The summed E-state index contributed by atoms with van der Waals surface area (Å²) in [7, 11) is 0. The molecule has 0 saturated carbocycles. The first-order valence-corrected chi connectivity index (χ1v) is 13.7. The van der Waals surface area contributed by atoms with E-state index in [0.29, 0.717) is 25.9 Å². The van der Waals surface area contributed by atoms with E-state index in [2.05, 4.69) is 13.8 Å². The van der Waals surface area contributed by atoms with Crippen LogP contribution in [0.5, 0.6) is 0 Å². The minimum Gasteiger partial charge on any atom is -0.464 e. The summed E-state index contributed by atoms with van der Waals surface area (Å²) in [5.74, 6) is -0.652. The number of rotatable bonds is 21. The molecule has 1 fully saturated rings. The maximum absolute atomic E-state index is 12.3. The Balaban J connectivity index is 2.06. The largest absolute Gasteiger partial charge is 0.464 e. The summed E-state index contributed by atoms with van der Waals surface area (Å²) in [6.07, 6.45) is 18.7. The van der Waals surface area contributed by atoms with E-state index in [9.17, 15) is 14.7 Å². The topological polar surface area (TPSA) is 82.1 Å². The number of unbranched alkanes of at least 4 members (excludes halogenated alkanes) is 13. The van der Waals surface area contributed by atoms with Crippen LogP contribution in [0.15, 0.2) is 0 Å². The van der Waals surface area contributed by atoms with Crippen molar-refractivity contribution in [1.82, 2.24) is 0 Å². The average Bonchev–Trinajstić information content (AvgIpc) is 3.26. The molecule has 0 bridgehead atoms. The number of carbonyl (C=O) groups excluding carboxylic acids is 2. The molecule has 1 aliphatic heterocycles. The van der Waals surface area contributed by atoms with E-state index in [1.165, 1.54) is 64.2 Å². The third-order valence-electron chi connectivity index (χ3n) is 6.53. The lowest BCUT2D eigenvalue weighted by Crippen LogP contribution is -2.41. The number of carbonyl (C=O) groups is 2. The summed E-state index contributed by atoms with van der Waals surface area (Å²) in [4.78, 5) is 24.2. The molecule has 1 rings (SSSR count). The van der Waals surface area contributed by atoms with Crippen LogP contribution in [0.25, 0.3) is 0 Å². The van der Waals surface area contributed by atoms with Crippen molar-refractivity contribution in [1.29, 1.82) is 0 Å². The van der Waals surface area contributed by atoms with Gasteiger partial charge in [0.2, 0.25) is 0 Å². The Morgan fingerprint density at radius 2 is 1.36 bits per heavy atom. The Kier molecular flexibility index (Phi) is 17.4. The third kappa shape index (κ3) is 14.0. The zero-order chi connectivity index (χ0) is 24.2. The van der Waals surface area contributed by atoms with Crippen molar-refractivity contribution in [3.05, 3.63) is 0 Å². The summed E-state index contributed by atoms with van der Waals surface area (Å²) in [5, 5.41) is 9.77. The van der Waals surface area contributed by atoms with Gasteiger partial charge >= 0.3 is 11.9 Å². The maximum atomic E-state index is 12.3. The van der Waals surface area contributed by atoms with E-state index >= 15 is 0 Å². The number of hydrogen-bond acceptors (Lipinski definition) is 6. The van der Waals surface area contributed by atoms with Crippen LogP contribution in [-0.4, -0.2) is 48.6 Å². The molecule has 0 aromatic heterocycles. The molecule has 0 aliphatic carbocycles. The van der Waals surface area contributed by atoms with Crippen molar-refractivity contribution in [2.45, 2.75) is 141 Å². The van der Waals surface area contributed by atoms with Gasteiger partial charge in [-0.15, -0.1) is 0 Å². The van der Waals surface area contributed by atoms with Crippen molar-refractivity contribution in [3.8, 4) is 0 Å². The van der Waals surface area contributed by atoms with Crippen molar-refractivity contribution in [2.75, 3.05) is 19.8 Å². The molecule has 6 nitrogen and oxygen atoms in total. The summed E-state index contributed by atoms with van der Waals surface area (Å²) in [6.45, 7) is 4.45. The standard InChI is InChI=1S/C27H50O6/c1-3-5-7-8-9-10-11-12-13-14-15-17-21-31-26(30)24-19-20-27(22-28,33-24)23-32-25(29)18-16-6-4-2/h24,28H,3-23H2,1-2H3/t24-,27+/m0/s1. The van der Waals surface area contributed by atoms with Crippen LogP contribution in [0.2, 0.25) is 0 Å². The van der Waals surface area contributed by atoms with Gasteiger partial charge in [-0.2, -0.15) is 0 Å². The van der Waals surface area contributed by atoms with Crippen LogP contribution >= 0.6 is 0 Å². The second kappa shape index (κ2) is 19.2. The number of esters is 2.